The smallest absolute Gasteiger partial charge is 0.142 e. The van der Waals surface area contributed by atoms with Crippen LogP contribution in [0.5, 0.6) is 0 Å². The lowest BCUT2D eigenvalue weighted by Crippen LogP contribution is -1.95. The summed E-state index contributed by atoms with van der Waals surface area (Å²) in [6.07, 6.45) is 1.46. The molecule has 76 valence electrons. The molecule has 3 nitrogen and oxygen atoms in total. The number of nitrogen functional groups attached to an aromatic ring is 1. The van der Waals surface area contributed by atoms with Gasteiger partial charge in [0.1, 0.15) is 21.9 Å². The first-order valence-electron chi connectivity index (χ1n) is 4.21. The molecule has 0 fully saturated rings. The summed E-state index contributed by atoms with van der Waals surface area (Å²) in [5.74, 6) is 0.0456. The molecule has 0 bridgehead atoms. The van der Waals surface area contributed by atoms with E-state index in [1.807, 2.05) is 0 Å². The largest absolute Gasteiger partial charge is 0.382 e. The Morgan fingerprint density at radius 1 is 1.20 bits per heavy atom. The molecule has 0 saturated carbocycles. The van der Waals surface area contributed by atoms with Gasteiger partial charge in [-0.05, 0) is 40.2 Å². The zero-order valence-electron chi connectivity index (χ0n) is 7.61. The van der Waals surface area contributed by atoms with Crippen LogP contribution in [0.15, 0.2) is 35.1 Å². The van der Waals surface area contributed by atoms with E-state index < -0.39 is 0 Å². The number of rotatable bonds is 1. The van der Waals surface area contributed by atoms with Crippen molar-refractivity contribution >= 4 is 21.7 Å². The van der Waals surface area contributed by atoms with Gasteiger partial charge in [-0.15, -0.1) is 0 Å². The van der Waals surface area contributed by atoms with Crippen LogP contribution >= 0.6 is 15.9 Å². The average molecular weight is 268 g/mol. The van der Waals surface area contributed by atoms with Gasteiger partial charge >= 0.3 is 0 Å². The lowest BCUT2D eigenvalue weighted by Gasteiger charge is -2.03. The van der Waals surface area contributed by atoms with Gasteiger partial charge in [0, 0.05) is 5.56 Å². The molecule has 0 saturated heterocycles. The molecule has 0 aliphatic heterocycles. The van der Waals surface area contributed by atoms with Gasteiger partial charge in [0.2, 0.25) is 0 Å². The van der Waals surface area contributed by atoms with Crippen molar-refractivity contribution in [3.63, 3.8) is 0 Å². The normalized spacial score (nSPS) is 10.3. The highest BCUT2D eigenvalue weighted by Gasteiger charge is 2.06. The van der Waals surface area contributed by atoms with Crippen molar-refractivity contribution in [1.82, 2.24) is 9.97 Å². The summed E-state index contributed by atoms with van der Waals surface area (Å²) in [5.41, 5.74) is 6.90. The molecule has 0 aliphatic carbocycles. The van der Waals surface area contributed by atoms with Gasteiger partial charge in [-0.3, -0.25) is 0 Å². The van der Waals surface area contributed by atoms with Gasteiger partial charge in [-0.2, -0.15) is 0 Å². The Balaban J connectivity index is 2.53. The summed E-state index contributed by atoms with van der Waals surface area (Å²) < 4.78 is 13.3. The number of hydrogen-bond donors (Lipinski definition) is 1. The molecule has 2 aromatic rings. The van der Waals surface area contributed by atoms with Crippen LogP contribution in [-0.4, -0.2) is 9.97 Å². The summed E-state index contributed by atoms with van der Waals surface area (Å²) >= 11 is 3.26. The predicted molar refractivity (Wildman–Crippen MR) is 59.5 cm³/mol. The second-order valence-corrected chi connectivity index (χ2v) is 3.69. The monoisotopic (exact) mass is 267 g/mol. The fourth-order valence-corrected chi connectivity index (χ4v) is 1.60. The predicted octanol–water partition coefficient (Wildman–Crippen LogP) is 2.63. The molecule has 0 aliphatic rings. The van der Waals surface area contributed by atoms with E-state index in [0.29, 0.717) is 16.1 Å². The Morgan fingerprint density at radius 3 is 2.53 bits per heavy atom. The van der Waals surface area contributed by atoms with Gasteiger partial charge < -0.3 is 5.73 Å². The Hall–Kier alpha value is -1.49. The second kappa shape index (κ2) is 3.94. The first-order chi connectivity index (χ1) is 7.16. The standard InChI is InChI=1S/C10H7BrFN3/c11-10-9(15-8(13)5-14-10)6-1-3-7(12)4-2-6/h1-5H,(H2,13,15). The molecule has 0 unspecified atom stereocenters. The molecule has 2 rings (SSSR count). The first kappa shape index (κ1) is 10.0. The quantitative estimate of drug-likeness (QED) is 0.864. The van der Waals surface area contributed by atoms with Crippen molar-refractivity contribution < 1.29 is 4.39 Å². The first-order valence-corrected chi connectivity index (χ1v) is 5.00. The molecule has 0 atom stereocenters. The molecule has 15 heavy (non-hydrogen) atoms. The van der Waals surface area contributed by atoms with Crippen LogP contribution < -0.4 is 5.73 Å². The molecule has 0 amide bonds. The Bertz CT molecular complexity index is 485. The fourth-order valence-electron chi connectivity index (χ4n) is 1.18. The van der Waals surface area contributed by atoms with E-state index in [1.54, 1.807) is 12.1 Å². The van der Waals surface area contributed by atoms with Gasteiger partial charge in [0.15, 0.2) is 0 Å². The van der Waals surface area contributed by atoms with Crippen molar-refractivity contribution in [3.05, 3.63) is 40.9 Å². The molecule has 2 N–H and O–H groups in total. The minimum atomic E-state index is -0.285. The van der Waals surface area contributed by atoms with E-state index >= 15 is 0 Å². The van der Waals surface area contributed by atoms with E-state index in [9.17, 15) is 4.39 Å². The third kappa shape index (κ3) is 2.12. The Kier molecular flexibility index (Phi) is 2.64. The third-order valence-corrected chi connectivity index (χ3v) is 2.44. The average Bonchev–Trinajstić information content (AvgIpc) is 2.23. The van der Waals surface area contributed by atoms with E-state index in [1.165, 1.54) is 18.3 Å². The van der Waals surface area contributed by atoms with Crippen LogP contribution in [-0.2, 0) is 0 Å². The van der Waals surface area contributed by atoms with E-state index in [0.717, 1.165) is 5.56 Å². The molecule has 0 spiro atoms. The van der Waals surface area contributed by atoms with Crippen molar-refractivity contribution in [3.8, 4) is 11.3 Å². The van der Waals surface area contributed by atoms with Crippen LogP contribution in [0.4, 0.5) is 10.2 Å². The molecular formula is C10H7BrFN3. The van der Waals surface area contributed by atoms with Crippen LogP contribution in [0.3, 0.4) is 0 Å². The maximum absolute atomic E-state index is 12.7. The SMILES string of the molecule is Nc1cnc(Br)c(-c2ccc(F)cc2)n1. The molecule has 0 radical (unpaired) electrons. The molecule has 1 aromatic heterocycles. The number of nitrogens with two attached hydrogens (primary N) is 1. The molecule has 1 aromatic carbocycles. The summed E-state index contributed by atoms with van der Waals surface area (Å²) in [5, 5.41) is 0. The van der Waals surface area contributed by atoms with E-state index in [2.05, 4.69) is 25.9 Å². The maximum Gasteiger partial charge on any atom is 0.142 e. The van der Waals surface area contributed by atoms with Gasteiger partial charge in [-0.1, -0.05) is 0 Å². The van der Waals surface area contributed by atoms with Crippen molar-refractivity contribution in [2.45, 2.75) is 0 Å². The number of hydrogen-bond acceptors (Lipinski definition) is 3. The number of anilines is 1. The van der Waals surface area contributed by atoms with Crippen LogP contribution in [0.25, 0.3) is 11.3 Å². The Labute approximate surface area is 94.3 Å². The lowest BCUT2D eigenvalue weighted by molar-refractivity contribution is 0.628. The number of benzene rings is 1. The second-order valence-electron chi connectivity index (χ2n) is 2.94. The zero-order valence-corrected chi connectivity index (χ0v) is 9.20. The number of halogens is 2. The van der Waals surface area contributed by atoms with Crippen molar-refractivity contribution in [2.75, 3.05) is 5.73 Å². The minimum absolute atomic E-state index is 0.285. The van der Waals surface area contributed by atoms with Gasteiger partial charge in [0.05, 0.1) is 6.20 Å². The minimum Gasteiger partial charge on any atom is -0.382 e. The molecule has 1 heterocycles. The number of nitrogens with zero attached hydrogens (tertiary/aromatic N) is 2. The highest BCUT2D eigenvalue weighted by Crippen LogP contribution is 2.24. The molecule has 5 heteroatoms. The topological polar surface area (TPSA) is 51.8 Å². The lowest BCUT2D eigenvalue weighted by atomic mass is 10.1. The van der Waals surface area contributed by atoms with Gasteiger partial charge in [0.25, 0.3) is 0 Å². The molecular weight excluding hydrogens is 261 g/mol. The van der Waals surface area contributed by atoms with Crippen LogP contribution in [0.1, 0.15) is 0 Å². The fraction of sp³-hybridized carbons (Fsp3) is 0. The van der Waals surface area contributed by atoms with Crippen LogP contribution in [0.2, 0.25) is 0 Å². The van der Waals surface area contributed by atoms with Crippen molar-refractivity contribution in [1.29, 1.82) is 0 Å². The van der Waals surface area contributed by atoms with E-state index in [4.69, 9.17) is 5.73 Å². The maximum atomic E-state index is 12.7. The van der Waals surface area contributed by atoms with Gasteiger partial charge in [-0.25, -0.2) is 14.4 Å². The Morgan fingerprint density at radius 2 is 1.87 bits per heavy atom. The highest BCUT2D eigenvalue weighted by molar-refractivity contribution is 9.10. The van der Waals surface area contributed by atoms with E-state index in [-0.39, 0.29) is 5.82 Å². The van der Waals surface area contributed by atoms with Crippen molar-refractivity contribution in [2.24, 2.45) is 0 Å². The van der Waals surface area contributed by atoms with Crippen LogP contribution in [0, 0.1) is 5.82 Å². The summed E-state index contributed by atoms with van der Waals surface area (Å²) in [6.45, 7) is 0. The summed E-state index contributed by atoms with van der Waals surface area (Å²) in [6, 6.07) is 5.99. The summed E-state index contributed by atoms with van der Waals surface area (Å²) in [7, 11) is 0. The number of aromatic nitrogens is 2. The summed E-state index contributed by atoms with van der Waals surface area (Å²) in [4.78, 5) is 8.13. The highest BCUT2D eigenvalue weighted by atomic mass is 79.9. The third-order valence-electron chi connectivity index (χ3n) is 1.86. The zero-order chi connectivity index (χ0) is 10.8.